The highest BCUT2D eigenvalue weighted by Crippen LogP contribution is 2.26. The van der Waals surface area contributed by atoms with Crippen molar-refractivity contribution in [3.8, 4) is 0 Å². The summed E-state index contributed by atoms with van der Waals surface area (Å²) in [4.78, 5) is 39.4. The smallest absolute Gasteiger partial charge is 0.289 e. The predicted molar refractivity (Wildman–Crippen MR) is 90.3 cm³/mol. The molecule has 0 bridgehead atoms. The molecule has 0 spiro atoms. The van der Waals surface area contributed by atoms with Crippen molar-refractivity contribution in [1.29, 1.82) is 0 Å². The standard InChI is InChI=1S/C16H22N6O2/c1-4-21-8-6-17-14(21)15(24)22-7-5-11(10-22)12-9-13(23)19-16(18-12)20(2)3/h6,8-9,11H,4-5,7,10H2,1-3H3,(H,18,19,23). The molecule has 2 aromatic rings. The molecule has 8 nitrogen and oxygen atoms in total. The number of anilines is 1. The summed E-state index contributed by atoms with van der Waals surface area (Å²) in [6.45, 7) is 3.89. The predicted octanol–water partition coefficient (Wildman–Crippen LogP) is 0.682. The number of likely N-dealkylation sites (tertiary alicyclic amines) is 1. The number of nitrogens with one attached hydrogen (secondary N) is 1. The van der Waals surface area contributed by atoms with E-state index in [1.165, 1.54) is 6.07 Å². The summed E-state index contributed by atoms with van der Waals surface area (Å²) in [5, 5.41) is 0. The van der Waals surface area contributed by atoms with E-state index < -0.39 is 0 Å². The van der Waals surface area contributed by atoms with Crippen molar-refractivity contribution in [2.75, 3.05) is 32.1 Å². The largest absolute Gasteiger partial charge is 0.348 e. The number of H-pyrrole nitrogens is 1. The Morgan fingerprint density at radius 1 is 1.46 bits per heavy atom. The molecule has 1 amide bonds. The number of nitrogens with zero attached hydrogens (tertiary/aromatic N) is 5. The number of aromatic amines is 1. The molecule has 128 valence electrons. The molecule has 1 aliphatic heterocycles. The van der Waals surface area contributed by atoms with Gasteiger partial charge >= 0.3 is 0 Å². The van der Waals surface area contributed by atoms with Gasteiger partial charge in [0.2, 0.25) is 5.95 Å². The van der Waals surface area contributed by atoms with Crippen LogP contribution in [0.4, 0.5) is 5.95 Å². The fourth-order valence-corrected chi connectivity index (χ4v) is 2.97. The molecular weight excluding hydrogens is 308 g/mol. The molecule has 2 aromatic heterocycles. The summed E-state index contributed by atoms with van der Waals surface area (Å²) < 4.78 is 1.84. The maximum atomic E-state index is 12.7. The van der Waals surface area contributed by atoms with Gasteiger partial charge in [0.1, 0.15) is 0 Å². The fraction of sp³-hybridized carbons (Fsp3) is 0.500. The summed E-state index contributed by atoms with van der Waals surface area (Å²) in [5.41, 5.74) is 0.562. The Bertz CT molecular complexity index is 794. The highest BCUT2D eigenvalue weighted by atomic mass is 16.2. The summed E-state index contributed by atoms with van der Waals surface area (Å²) >= 11 is 0. The third-order valence-electron chi connectivity index (χ3n) is 4.31. The van der Waals surface area contributed by atoms with Crippen LogP contribution in [0.25, 0.3) is 0 Å². The van der Waals surface area contributed by atoms with Crippen molar-refractivity contribution in [3.63, 3.8) is 0 Å². The van der Waals surface area contributed by atoms with E-state index >= 15 is 0 Å². The van der Waals surface area contributed by atoms with Crippen LogP contribution in [0.2, 0.25) is 0 Å². The molecule has 3 heterocycles. The molecular formula is C16H22N6O2. The maximum absolute atomic E-state index is 12.7. The highest BCUT2D eigenvalue weighted by molar-refractivity contribution is 5.91. The lowest BCUT2D eigenvalue weighted by atomic mass is 10.1. The summed E-state index contributed by atoms with van der Waals surface area (Å²) in [6, 6.07) is 1.53. The molecule has 0 aromatic carbocycles. The van der Waals surface area contributed by atoms with Gasteiger partial charge in [0.05, 0.1) is 5.69 Å². The molecule has 0 aliphatic carbocycles. The van der Waals surface area contributed by atoms with Gasteiger partial charge in [0.15, 0.2) is 5.82 Å². The van der Waals surface area contributed by atoms with Crippen LogP contribution in [-0.2, 0) is 6.54 Å². The Morgan fingerprint density at radius 2 is 2.25 bits per heavy atom. The Labute approximate surface area is 140 Å². The second-order valence-electron chi connectivity index (χ2n) is 6.16. The quantitative estimate of drug-likeness (QED) is 0.891. The molecule has 8 heteroatoms. The van der Waals surface area contributed by atoms with Gasteiger partial charge in [-0.15, -0.1) is 0 Å². The van der Waals surface area contributed by atoms with E-state index in [4.69, 9.17) is 0 Å². The number of amides is 1. The minimum atomic E-state index is -0.171. The number of rotatable bonds is 4. The molecule has 0 radical (unpaired) electrons. The number of imidazole rings is 1. The van der Waals surface area contributed by atoms with Crippen LogP contribution in [0, 0.1) is 0 Å². The average molecular weight is 330 g/mol. The first-order valence-corrected chi connectivity index (χ1v) is 8.08. The molecule has 0 saturated carbocycles. The van der Waals surface area contributed by atoms with Crippen LogP contribution < -0.4 is 10.5 Å². The Kier molecular flexibility index (Phi) is 4.37. The van der Waals surface area contributed by atoms with Crippen LogP contribution in [-0.4, -0.2) is 57.5 Å². The third kappa shape index (κ3) is 3.04. The first-order valence-electron chi connectivity index (χ1n) is 8.08. The molecule has 1 saturated heterocycles. The Morgan fingerprint density at radius 3 is 2.96 bits per heavy atom. The molecule has 24 heavy (non-hydrogen) atoms. The number of aryl methyl sites for hydroxylation is 1. The van der Waals surface area contributed by atoms with E-state index in [-0.39, 0.29) is 17.4 Å². The summed E-state index contributed by atoms with van der Waals surface area (Å²) in [6.07, 6.45) is 4.25. The number of hydrogen-bond acceptors (Lipinski definition) is 5. The van der Waals surface area contributed by atoms with E-state index in [1.54, 1.807) is 16.0 Å². The van der Waals surface area contributed by atoms with Gasteiger partial charge in [-0.25, -0.2) is 9.97 Å². The minimum absolute atomic E-state index is 0.0676. The van der Waals surface area contributed by atoms with Crippen molar-refractivity contribution in [1.82, 2.24) is 24.4 Å². The van der Waals surface area contributed by atoms with Crippen LogP contribution in [0.1, 0.15) is 35.6 Å². The van der Waals surface area contributed by atoms with Gasteiger partial charge in [-0.2, -0.15) is 0 Å². The third-order valence-corrected chi connectivity index (χ3v) is 4.31. The topological polar surface area (TPSA) is 87.1 Å². The van der Waals surface area contributed by atoms with Gasteiger partial charge in [-0.1, -0.05) is 0 Å². The lowest BCUT2D eigenvalue weighted by Crippen LogP contribution is -2.31. The van der Waals surface area contributed by atoms with E-state index in [2.05, 4.69) is 15.0 Å². The average Bonchev–Trinajstić information content (AvgIpc) is 3.22. The van der Waals surface area contributed by atoms with Crippen LogP contribution in [0.5, 0.6) is 0 Å². The van der Waals surface area contributed by atoms with Crippen molar-refractivity contribution < 1.29 is 4.79 Å². The van der Waals surface area contributed by atoms with Crippen LogP contribution in [0.15, 0.2) is 23.3 Å². The van der Waals surface area contributed by atoms with Gasteiger partial charge in [-0.3, -0.25) is 14.6 Å². The monoisotopic (exact) mass is 330 g/mol. The SMILES string of the molecule is CCn1ccnc1C(=O)N1CCC(c2cc(=O)[nH]c(N(C)C)n2)C1. The molecule has 1 aliphatic rings. The van der Waals surface area contributed by atoms with Gasteiger partial charge < -0.3 is 14.4 Å². The van der Waals surface area contributed by atoms with Crippen molar-refractivity contribution in [2.45, 2.75) is 25.8 Å². The maximum Gasteiger partial charge on any atom is 0.289 e. The van der Waals surface area contributed by atoms with Crippen molar-refractivity contribution in [2.24, 2.45) is 0 Å². The molecule has 1 unspecified atom stereocenters. The van der Waals surface area contributed by atoms with Gasteiger partial charge in [0, 0.05) is 58.1 Å². The molecule has 1 atom stereocenters. The zero-order valence-corrected chi connectivity index (χ0v) is 14.2. The Hall–Kier alpha value is -2.64. The number of aromatic nitrogens is 4. The van der Waals surface area contributed by atoms with Gasteiger partial charge in [-0.05, 0) is 13.3 Å². The summed E-state index contributed by atoms with van der Waals surface area (Å²) in [7, 11) is 3.66. The van der Waals surface area contributed by atoms with E-state index in [0.29, 0.717) is 31.4 Å². The highest BCUT2D eigenvalue weighted by Gasteiger charge is 2.31. The Balaban J connectivity index is 1.78. The second-order valence-corrected chi connectivity index (χ2v) is 6.16. The van der Waals surface area contributed by atoms with E-state index in [9.17, 15) is 9.59 Å². The first-order chi connectivity index (χ1) is 11.5. The first kappa shape index (κ1) is 16.2. The second kappa shape index (κ2) is 6.46. The van der Waals surface area contributed by atoms with Gasteiger partial charge in [0.25, 0.3) is 11.5 Å². The lowest BCUT2D eigenvalue weighted by molar-refractivity contribution is 0.0774. The zero-order valence-electron chi connectivity index (χ0n) is 14.2. The number of hydrogen-bond donors (Lipinski definition) is 1. The molecule has 1 fully saturated rings. The van der Waals surface area contributed by atoms with Crippen LogP contribution >= 0.6 is 0 Å². The molecule has 1 N–H and O–H groups in total. The van der Waals surface area contributed by atoms with Crippen molar-refractivity contribution >= 4 is 11.9 Å². The zero-order chi connectivity index (χ0) is 17.3. The van der Waals surface area contributed by atoms with E-state index in [1.807, 2.05) is 31.8 Å². The molecule has 3 rings (SSSR count). The summed E-state index contributed by atoms with van der Waals surface area (Å²) in [5.74, 6) is 0.997. The normalized spacial score (nSPS) is 17.3. The lowest BCUT2D eigenvalue weighted by Gasteiger charge is -2.17. The fourth-order valence-electron chi connectivity index (χ4n) is 2.97. The minimum Gasteiger partial charge on any atom is -0.348 e. The van der Waals surface area contributed by atoms with Crippen molar-refractivity contribution in [3.05, 3.63) is 40.3 Å². The van der Waals surface area contributed by atoms with E-state index in [0.717, 1.165) is 12.1 Å². The van der Waals surface area contributed by atoms with Crippen LogP contribution in [0.3, 0.4) is 0 Å². The number of carbonyl (C=O) groups is 1. The number of carbonyl (C=O) groups excluding carboxylic acids is 1.